The summed E-state index contributed by atoms with van der Waals surface area (Å²) < 4.78 is 5.45. The van der Waals surface area contributed by atoms with Crippen LogP contribution in [0.5, 0.6) is 0 Å². The zero-order chi connectivity index (χ0) is 10.7. The molecule has 2 rings (SSSR count). The van der Waals surface area contributed by atoms with Crippen molar-refractivity contribution in [3.05, 3.63) is 0 Å². The number of carbonyl (C=O) groups excluding carboxylic acids is 2. The first-order chi connectivity index (χ1) is 7.24. The van der Waals surface area contributed by atoms with Crippen LogP contribution in [0.2, 0.25) is 0 Å². The van der Waals surface area contributed by atoms with Crippen LogP contribution in [0.1, 0.15) is 12.8 Å². The summed E-state index contributed by atoms with van der Waals surface area (Å²) in [6, 6.07) is 0. The molecule has 15 heavy (non-hydrogen) atoms. The number of nitrogens with zero attached hydrogens (tertiary/aromatic N) is 1. The quantitative estimate of drug-likeness (QED) is 0.487. The maximum absolute atomic E-state index is 11.0. The van der Waals surface area contributed by atoms with E-state index in [1.807, 2.05) is 4.90 Å². The summed E-state index contributed by atoms with van der Waals surface area (Å²) in [7, 11) is 0. The number of hydrogen-bond acceptors (Lipinski definition) is 4. The maximum Gasteiger partial charge on any atom is 0.240 e. The second-order valence-corrected chi connectivity index (χ2v) is 4.20. The van der Waals surface area contributed by atoms with Crippen LogP contribution < -0.4 is 5.32 Å². The standard InChI is InChI=1S/C10H16N2O3/c13-9-5-12(6-10(14)11-9)3-4-15-7-8-1-2-8/h8H,1-7H2,(H,11,13,14). The van der Waals surface area contributed by atoms with Gasteiger partial charge in [0.25, 0.3) is 0 Å². The SMILES string of the molecule is O=C1CN(CCOCC2CC2)CC(=O)N1. The lowest BCUT2D eigenvalue weighted by molar-refractivity contribution is -0.136. The second kappa shape index (κ2) is 4.72. The molecule has 0 aromatic rings. The summed E-state index contributed by atoms with van der Waals surface area (Å²) in [6.07, 6.45) is 2.56. The minimum atomic E-state index is -0.214. The molecule has 0 aromatic carbocycles. The molecule has 0 radical (unpaired) electrons. The van der Waals surface area contributed by atoms with Gasteiger partial charge in [-0.1, -0.05) is 0 Å². The van der Waals surface area contributed by atoms with E-state index >= 15 is 0 Å². The van der Waals surface area contributed by atoms with Crippen molar-refractivity contribution in [1.29, 1.82) is 0 Å². The fraction of sp³-hybridized carbons (Fsp3) is 0.800. The molecule has 2 fully saturated rings. The number of ether oxygens (including phenoxy) is 1. The molecule has 84 valence electrons. The molecule has 1 saturated heterocycles. The van der Waals surface area contributed by atoms with Gasteiger partial charge in [-0.3, -0.25) is 19.8 Å². The molecule has 5 nitrogen and oxygen atoms in total. The van der Waals surface area contributed by atoms with E-state index in [1.54, 1.807) is 0 Å². The summed E-state index contributed by atoms with van der Waals surface area (Å²) in [5.74, 6) is 0.332. The third kappa shape index (κ3) is 3.60. The largest absolute Gasteiger partial charge is 0.380 e. The molecule has 0 aromatic heterocycles. The van der Waals surface area contributed by atoms with Gasteiger partial charge in [-0.05, 0) is 18.8 Å². The normalized spacial score (nSPS) is 22.9. The molecule has 0 unspecified atom stereocenters. The van der Waals surface area contributed by atoms with Crippen molar-refractivity contribution in [2.45, 2.75) is 12.8 Å². The Bertz CT molecular complexity index is 247. The fourth-order valence-corrected chi connectivity index (χ4v) is 1.58. The molecule has 1 aliphatic heterocycles. The van der Waals surface area contributed by atoms with Crippen molar-refractivity contribution in [1.82, 2.24) is 10.2 Å². The predicted octanol–water partition coefficient (Wildman–Crippen LogP) is -0.629. The number of amides is 2. The zero-order valence-corrected chi connectivity index (χ0v) is 8.70. The molecular weight excluding hydrogens is 196 g/mol. The van der Waals surface area contributed by atoms with Gasteiger partial charge in [0.05, 0.1) is 19.7 Å². The van der Waals surface area contributed by atoms with Gasteiger partial charge >= 0.3 is 0 Å². The first kappa shape index (κ1) is 10.6. The van der Waals surface area contributed by atoms with E-state index in [0.29, 0.717) is 26.2 Å². The zero-order valence-electron chi connectivity index (χ0n) is 8.70. The molecule has 5 heteroatoms. The van der Waals surface area contributed by atoms with Crippen molar-refractivity contribution in [2.24, 2.45) is 5.92 Å². The van der Waals surface area contributed by atoms with E-state index in [0.717, 1.165) is 12.5 Å². The highest BCUT2D eigenvalue weighted by Gasteiger charge is 2.23. The van der Waals surface area contributed by atoms with E-state index in [-0.39, 0.29) is 11.8 Å². The Labute approximate surface area is 88.8 Å². The Kier molecular flexibility index (Phi) is 3.33. The van der Waals surface area contributed by atoms with Crippen molar-refractivity contribution in [3.8, 4) is 0 Å². The summed E-state index contributed by atoms with van der Waals surface area (Å²) >= 11 is 0. The number of hydrogen-bond donors (Lipinski definition) is 1. The van der Waals surface area contributed by atoms with Gasteiger partial charge in [0, 0.05) is 13.2 Å². The summed E-state index contributed by atoms with van der Waals surface area (Å²) in [6.45, 7) is 2.70. The Balaban J connectivity index is 1.60. The highest BCUT2D eigenvalue weighted by molar-refractivity contribution is 5.99. The summed E-state index contributed by atoms with van der Waals surface area (Å²) in [5, 5.41) is 2.27. The number of carbonyl (C=O) groups is 2. The lowest BCUT2D eigenvalue weighted by Gasteiger charge is -2.24. The van der Waals surface area contributed by atoms with Crippen LogP contribution in [0.15, 0.2) is 0 Å². The van der Waals surface area contributed by atoms with E-state index in [2.05, 4.69) is 5.32 Å². The van der Waals surface area contributed by atoms with E-state index in [9.17, 15) is 9.59 Å². The molecule has 2 amide bonds. The van der Waals surface area contributed by atoms with E-state index in [1.165, 1.54) is 12.8 Å². The molecular formula is C10H16N2O3. The van der Waals surface area contributed by atoms with Gasteiger partial charge < -0.3 is 4.74 Å². The highest BCUT2D eigenvalue weighted by atomic mass is 16.5. The number of piperazine rings is 1. The van der Waals surface area contributed by atoms with E-state index in [4.69, 9.17) is 4.74 Å². The van der Waals surface area contributed by atoms with Gasteiger partial charge in [-0.25, -0.2) is 0 Å². The molecule has 1 saturated carbocycles. The average molecular weight is 212 g/mol. The molecule has 2 aliphatic rings. The van der Waals surface area contributed by atoms with Gasteiger partial charge in [0.1, 0.15) is 0 Å². The second-order valence-electron chi connectivity index (χ2n) is 4.20. The van der Waals surface area contributed by atoms with E-state index < -0.39 is 0 Å². The molecule has 1 aliphatic carbocycles. The maximum atomic E-state index is 11.0. The Morgan fingerprint density at radius 3 is 2.53 bits per heavy atom. The topological polar surface area (TPSA) is 58.6 Å². The van der Waals surface area contributed by atoms with Crippen molar-refractivity contribution in [3.63, 3.8) is 0 Å². The number of imide groups is 1. The lowest BCUT2D eigenvalue weighted by atomic mass is 10.3. The molecule has 1 N–H and O–H groups in total. The lowest BCUT2D eigenvalue weighted by Crippen LogP contribution is -2.52. The summed E-state index contributed by atoms with van der Waals surface area (Å²) in [4.78, 5) is 23.9. The van der Waals surface area contributed by atoms with Crippen LogP contribution in [0, 0.1) is 5.92 Å². The molecule has 0 bridgehead atoms. The third-order valence-electron chi connectivity index (χ3n) is 2.62. The fourth-order valence-electron chi connectivity index (χ4n) is 1.58. The minimum Gasteiger partial charge on any atom is -0.380 e. The average Bonchev–Trinajstić information content (AvgIpc) is 2.94. The van der Waals surface area contributed by atoms with Crippen LogP contribution >= 0.6 is 0 Å². The molecule has 0 atom stereocenters. The van der Waals surface area contributed by atoms with Gasteiger partial charge in [-0.15, -0.1) is 0 Å². The minimum absolute atomic E-state index is 0.214. The first-order valence-corrected chi connectivity index (χ1v) is 5.37. The van der Waals surface area contributed by atoms with Crippen LogP contribution in [-0.2, 0) is 14.3 Å². The summed E-state index contributed by atoms with van der Waals surface area (Å²) in [5.41, 5.74) is 0. The van der Waals surface area contributed by atoms with Crippen LogP contribution in [0.3, 0.4) is 0 Å². The van der Waals surface area contributed by atoms with Crippen molar-refractivity contribution < 1.29 is 14.3 Å². The molecule has 0 spiro atoms. The molecule has 1 heterocycles. The van der Waals surface area contributed by atoms with Crippen LogP contribution in [-0.4, -0.2) is 49.6 Å². The smallest absolute Gasteiger partial charge is 0.240 e. The number of rotatable bonds is 5. The van der Waals surface area contributed by atoms with Crippen LogP contribution in [0.25, 0.3) is 0 Å². The highest BCUT2D eigenvalue weighted by Crippen LogP contribution is 2.28. The van der Waals surface area contributed by atoms with Gasteiger partial charge in [-0.2, -0.15) is 0 Å². The van der Waals surface area contributed by atoms with Crippen LogP contribution in [0.4, 0.5) is 0 Å². The number of nitrogens with one attached hydrogen (secondary N) is 1. The monoisotopic (exact) mass is 212 g/mol. The Morgan fingerprint density at radius 1 is 1.27 bits per heavy atom. The van der Waals surface area contributed by atoms with Crippen molar-refractivity contribution in [2.75, 3.05) is 32.8 Å². The Hall–Kier alpha value is -0.940. The van der Waals surface area contributed by atoms with Gasteiger partial charge in [0.2, 0.25) is 11.8 Å². The third-order valence-corrected chi connectivity index (χ3v) is 2.62. The predicted molar refractivity (Wildman–Crippen MR) is 53.1 cm³/mol. The first-order valence-electron chi connectivity index (χ1n) is 5.37. The van der Waals surface area contributed by atoms with Crippen molar-refractivity contribution >= 4 is 11.8 Å². The Morgan fingerprint density at radius 2 is 1.93 bits per heavy atom. The van der Waals surface area contributed by atoms with Gasteiger partial charge in [0.15, 0.2) is 0 Å².